The molecule has 3 rings (SSSR count). The number of carbonyl (C=O) groups is 1. The molecule has 0 saturated carbocycles. The van der Waals surface area contributed by atoms with Crippen LogP contribution in [0.1, 0.15) is 23.5 Å². The summed E-state index contributed by atoms with van der Waals surface area (Å²) in [6, 6.07) is 10.2. The van der Waals surface area contributed by atoms with Gasteiger partial charge in [-0.05, 0) is 48.0 Å². The number of methoxy groups -OCH3 is 1. The molecule has 0 spiro atoms. The maximum atomic E-state index is 13.0. The third-order valence-corrected chi connectivity index (χ3v) is 7.57. The summed E-state index contributed by atoms with van der Waals surface area (Å²) in [4.78, 5) is 11.8. The average Bonchev–Trinajstić information content (AvgIpc) is 2.87. The van der Waals surface area contributed by atoms with Crippen LogP contribution in [0.25, 0.3) is 0 Å². The number of hydrogen-bond donors (Lipinski definition) is 2. The highest BCUT2D eigenvalue weighted by molar-refractivity contribution is 7.89. The van der Waals surface area contributed by atoms with Gasteiger partial charge in [0.2, 0.25) is 16.3 Å². The van der Waals surface area contributed by atoms with E-state index in [0.717, 1.165) is 16.4 Å². The summed E-state index contributed by atoms with van der Waals surface area (Å²) in [6.07, 6.45) is -3.94. The molecule has 1 amide bonds. The minimum Gasteiger partial charge on any atom is -0.497 e. The summed E-state index contributed by atoms with van der Waals surface area (Å²) in [6.45, 7) is -0.926. The van der Waals surface area contributed by atoms with Crippen molar-refractivity contribution in [3.05, 3.63) is 71.5 Å². The molecule has 3 N–H and O–H groups in total. The number of nitrogens with zero attached hydrogens (tertiary/aromatic N) is 1. The largest absolute Gasteiger partial charge is 0.497 e. The molecule has 0 fully saturated rings. The highest BCUT2D eigenvalue weighted by atomic mass is 32.2. The second-order valence-electron chi connectivity index (χ2n) is 8.08. The summed E-state index contributed by atoms with van der Waals surface area (Å²) < 4.78 is 81.9. The minimum atomic E-state index is -4.49. The molecule has 1 heterocycles. The van der Waals surface area contributed by atoms with Gasteiger partial charge in [0, 0.05) is 25.4 Å². The number of primary amides is 1. The second-order valence-corrected chi connectivity index (χ2v) is 10.0. The van der Waals surface area contributed by atoms with E-state index in [1.54, 1.807) is 0 Å². The van der Waals surface area contributed by atoms with Crippen molar-refractivity contribution < 1.29 is 45.7 Å². The Morgan fingerprint density at radius 3 is 2.32 bits per heavy atom. The number of ether oxygens (including phenoxy) is 3. The first-order valence-electron chi connectivity index (χ1n) is 11.2. The fourth-order valence-electron chi connectivity index (χ4n) is 3.73. The van der Waals surface area contributed by atoms with Crippen LogP contribution in [0, 0.1) is 0 Å². The standard InChI is InChI=1S/C24H27F3N2O7S/c1-34-19-6-8-20(9-7-19)37(32,33)29(10-12-30)11-13-35-22-15-17(14-21(36-22)23(28)31)16-2-4-18(5-3-16)24(25,26)27/h2-9,14,17,22,30H,10-13,15H2,1H3,(H2,28,31)/t17-,22+/m0/s1. The molecule has 2 atom stereocenters. The fraction of sp³-hybridized carbons (Fsp3) is 0.375. The van der Waals surface area contributed by atoms with E-state index in [2.05, 4.69) is 0 Å². The molecule has 0 bridgehead atoms. The summed E-state index contributed by atoms with van der Waals surface area (Å²) in [7, 11) is -2.51. The Labute approximate surface area is 212 Å². The van der Waals surface area contributed by atoms with Gasteiger partial charge >= 0.3 is 6.18 Å². The zero-order valence-electron chi connectivity index (χ0n) is 19.8. The van der Waals surface area contributed by atoms with E-state index in [0.29, 0.717) is 11.3 Å². The van der Waals surface area contributed by atoms with Crippen molar-refractivity contribution in [2.45, 2.75) is 29.7 Å². The number of alkyl halides is 3. The molecular weight excluding hydrogens is 517 g/mol. The van der Waals surface area contributed by atoms with E-state index < -0.39 is 46.5 Å². The third-order valence-electron chi connectivity index (χ3n) is 5.66. The van der Waals surface area contributed by atoms with Crippen molar-refractivity contribution in [2.24, 2.45) is 5.73 Å². The van der Waals surface area contributed by atoms with Crippen LogP contribution >= 0.6 is 0 Å². The number of sulfonamides is 1. The molecule has 13 heteroatoms. The van der Waals surface area contributed by atoms with Gasteiger partial charge in [0.1, 0.15) is 5.75 Å². The normalized spacial score (nSPS) is 18.3. The van der Waals surface area contributed by atoms with Gasteiger partial charge < -0.3 is 25.1 Å². The van der Waals surface area contributed by atoms with Crippen LogP contribution < -0.4 is 10.5 Å². The topological polar surface area (TPSA) is 128 Å². The van der Waals surface area contributed by atoms with Gasteiger partial charge in [0.15, 0.2) is 5.76 Å². The second kappa shape index (κ2) is 11.9. The smallest absolute Gasteiger partial charge is 0.416 e. The van der Waals surface area contributed by atoms with E-state index in [-0.39, 0.29) is 36.8 Å². The lowest BCUT2D eigenvalue weighted by Crippen LogP contribution is -2.38. The Morgan fingerprint density at radius 2 is 1.78 bits per heavy atom. The Morgan fingerprint density at radius 1 is 1.14 bits per heavy atom. The number of nitrogens with two attached hydrogens (primary N) is 1. The van der Waals surface area contributed by atoms with Gasteiger partial charge in [-0.15, -0.1) is 0 Å². The molecule has 0 radical (unpaired) electrons. The molecule has 37 heavy (non-hydrogen) atoms. The van der Waals surface area contributed by atoms with Crippen molar-refractivity contribution in [3.8, 4) is 5.75 Å². The third kappa shape index (κ3) is 7.22. The van der Waals surface area contributed by atoms with Crippen LogP contribution in [0.4, 0.5) is 13.2 Å². The lowest BCUT2D eigenvalue weighted by molar-refractivity contribution is -0.144. The number of halogens is 3. The maximum absolute atomic E-state index is 13.0. The van der Waals surface area contributed by atoms with Crippen LogP contribution in [0.2, 0.25) is 0 Å². The highest BCUT2D eigenvalue weighted by Gasteiger charge is 2.32. The summed E-state index contributed by atoms with van der Waals surface area (Å²) in [5.74, 6) is -1.14. The van der Waals surface area contributed by atoms with E-state index in [4.69, 9.17) is 19.9 Å². The van der Waals surface area contributed by atoms with Crippen LogP contribution in [-0.4, -0.2) is 63.4 Å². The first kappa shape index (κ1) is 28.4. The van der Waals surface area contributed by atoms with Gasteiger partial charge in [-0.1, -0.05) is 12.1 Å². The molecule has 0 aromatic heterocycles. The summed E-state index contributed by atoms with van der Waals surface area (Å²) in [5, 5.41) is 9.38. The Bertz CT molecular complexity index is 1200. The quantitative estimate of drug-likeness (QED) is 0.445. The zero-order chi connectivity index (χ0) is 27.2. The van der Waals surface area contributed by atoms with Crippen LogP contribution in [0.15, 0.2) is 65.3 Å². The molecule has 1 aliphatic heterocycles. The first-order valence-corrected chi connectivity index (χ1v) is 12.6. The molecule has 2 aromatic carbocycles. The number of allylic oxidation sites excluding steroid dienone is 1. The number of rotatable bonds is 11. The van der Waals surface area contributed by atoms with Gasteiger partial charge in [-0.25, -0.2) is 8.42 Å². The van der Waals surface area contributed by atoms with E-state index >= 15 is 0 Å². The Hall–Kier alpha value is -3.13. The monoisotopic (exact) mass is 544 g/mol. The van der Waals surface area contributed by atoms with Crippen molar-refractivity contribution in [1.82, 2.24) is 4.31 Å². The molecule has 9 nitrogen and oxygen atoms in total. The first-order chi connectivity index (χ1) is 17.5. The summed E-state index contributed by atoms with van der Waals surface area (Å²) in [5.41, 5.74) is 5.03. The fourth-order valence-corrected chi connectivity index (χ4v) is 5.14. The van der Waals surface area contributed by atoms with E-state index in [1.807, 2.05) is 0 Å². The maximum Gasteiger partial charge on any atom is 0.416 e. The van der Waals surface area contributed by atoms with Crippen LogP contribution in [0.3, 0.4) is 0 Å². The minimum absolute atomic E-state index is 0.00279. The summed E-state index contributed by atoms with van der Waals surface area (Å²) >= 11 is 0. The zero-order valence-corrected chi connectivity index (χ0v) is 20.7. The highest BCUT2D eigenvalue weighted by Crippen LogP contribution is 2.34. The molecule has 202 valence electrons. The van der Waals surface area contributed by atoms with Crippen molar-refractivity contribution >= 4 is 15.9 Å². The number of carbonyl (C=O) groups excluding carboxylic acids is 1. The van der Waals surface area contributed by atoms with Crippen molar-refractivity contribution in [1.29, 1.82) is 0 Å². The molecule has 0 unspecified atom stereocenters. The Balaban J connectivity index is 1.69. The molecule has 0 saturated heterocycles. The number of aliphatic hydroxyl groups excluding tert-OH is 1. The van der Waals surface area contributed by atoms with E-state index in [1.165, 1.54) is 49.6 Å². The molecule has 0 aliphatic carbocycles. The van der Waals surface area contributed by atoms with Gasteiger partial charge in [-0.2, -0.15) is 17.5 Å². The number of aliphatic hydroxyl groups is 1. The van der Waals surface area contributed by atoms with Gasteiger partial charge in [0.05, 0.1) is 30.8 Å². The number of benzene rings is 2. The van der Waals surface area contributed by atoms with Crippen LogP contribution in [0.5, 0.6) is 5.75 Å². The number of amides is 1. The lowest BCUT2D eigenvalue weighted by atomic mass is 9.92. The van der Waals surface area contributed by atoms with Gasteiger partial charge in [0.25, 0.3) is 5.91 Å². The number of hydrogen-bond acceptors (Lipinski definition) is 7. The van der Waals surface area contributed by atoms with Crippen molar-refractivity contribution in [2.75, 3.05) is 33.4 Å². The van der Waals surface area contributed by atoms with Crippen LogP contribution in [-0.2, 0) is 30.5 Å². The SMILES string of the molecule is COc1ccc(S(=O)(=O)N(CCO)CCO[C@H]2C[C@@H](c3ccc(C(F)(F)F)cc3)C=C(C(N)=O)O2)cc1. The predicted molar refractivity (Wildman–Crippen MR) is 126 cm³/mol. The van der Waals surface area contributed by atoms with Crippen molar-refractivity contribution in [3.63, 3.8) is 0 Å². The Kier molecular flexibility index (Phi) is 9.18. The average molecular weight is 545 g/mol. The van der Waals surface area contributed by atoms with Gasteiger partial charge in [-0.3, -0.25) is 4.79 Å². The predicted octanol–water partition coefficient (Wildman–Crippen LogP) is 2.61. The molecule has 1 aliphatic rings. The molecular formula is C24H27F3N2O7S. The molecule has 2 aromatic rings. The van der Waals surface area contributed by atoms with E-state index in [9.17, 15) is 31.5 Å². The lowest BCUT2D eigenvalue weighted by Gasteiger charge is -2.29.